The first kappa shape index (κ1) is 18.0. The third kappa shape index (κ3) is 3.19. The van der Waals surface area contributed by atoms with Crippen LogP contribution in [0.5, 0.6) is 11.5 Å². The number of halogens is 1. The molecule has 1 aliphatic rings. The van der Waals surface area contributed by atoms with E-state index in [1.807, 2.05) is 19.1 Å². The number of aromatic nitrogens is 1. The lowest BCUT2D eigenvalue weighted by Crippen LogP contribution is -2.38. The number of nitrogens with zero attached hydrogens (tertiary/aromatic N) is 2. The summed E-state index contributed by atoms with van der Waals surface area (Å²) in [5.74, 6) is 1.23. The number of ether oxygens (including phenoxy) is 2. The highest BCUT2D eigenvalue weighted by Crippen LogP contribution is 2.39. The molecule has 0 bridgehead atoms. The first-order chi connectivity index (χ1) is 11.9. The molecule has 0 amide bonds. The van der Waals surface area contributed by atoms with Crippen LogP contribution in [0.1, 0.15) is 24.1 Å². The molecular weight excluding hydrogens is 364 g/mol. The van der Waals surface area contributed by atoms with Crippen LogP contribution in [0.15, 0.2) is 35.4 Å². The smallest absolute Gasteiger partial charge is 0.245 e. The van der Waals surface area contributed by atoms with Crippen molar-refractivity contribution in [2.75, 3.05) is 20.8 Å². The number of hydrogen-bond donors (Lipinski definition) is 0. The fourth-order valence-electron chi connectivity index (χ4n) is 3.10. The maximum absolute atomic E-state index is 13.0. The van der Waals surface area contributed by atoms with Crippen LogP contribution in [0.4, 0.5) is 0 Å². The van der Waals surface area contributed by atoms with E-state index in [-0.39, 0.29) is 16.1 Å². The number of sulfonamides is 1. The van der Waals surface area contributed by atoms with Crippen LogP contribution in [0.2, 0.25) is 5.15 Å². The molecule has 3 rings (SSSR count). The molecule has 2 heterocycles. The Hall–Kier alpha value is -1.83. The van der Waals surface area contributed by atoms with E-state index in [1.165, 1.54) is 22.6 Å². The maximum Gasteiger partial charge on any atom is 0.245 e. The summed E-state index contributed by atoms with van der Waals surface area (Å²) < 4.78 is 38.1. The van der Waals surface area contributed by atoms with Gasteiger partial charge in [0.05, 0.1) is 14.2 Å². The molecule has 0 unspecified atom stereocenters. The fraction of sp³-hybridized carbons (Fsp3) is 0.353. The minimum Gasteiger partial charge on any atom is -0.493 e. The molecule has 25 heavy (non-hydrogen) atoms. The lowest BCUT2D eigenvalue weighted by molar-refractivity contribution is 0.319. The minimum absolute atomic E-state index is 0.132. The van der Waals surface area contributed by atoms with Gasteiger partial charge in [0, 0.05) is 18.8 Å². The van der Waals surface area contributed by atoms with Gasteiger partial charge >= 0.3 is 0 Å². The van der Waals surface area contributed by atoms with Crippen molar-refractivity contribution in [1.82, 2.24) is 9.29 Å². The first-order valence-corrected chi connectivity index (χ1v) is 9.58. The van der Waals surface area contributed by atoms with Crippen LogP contribution < -0.4 is 9.47 Å². The van der Waals surface area contributed by atoms with Crippen LogP contribution in [-0.4, -0.2) is 38.5 Å². The maximum atomic E-state index is 13.0. The van der Waals surface area contributed by atoms with Gasteiger partial charge in [-0.3, -0.25) is 0 Å². The predicted octanol–water partition coefficient (Wildman–Crippen LogP) is 3.06. The highest BCUT2D eigenvalue weighted by atomic mass is 35.5. The molecule has 0 fully saturated rings. The van der Waals surface area contributed by atoms with Gasteiger partial charge in [-0.25, -0.2) is 13.4 Å². The van der Waals surface area contributed by atoms with E-state index in [0.717, 1.165) is 11.1 Å². The molecule has 1 aromatic heterocycles. The summed E-state index contributed by atoms with van der Waals surface area (Å²) in [6.07, 6.45) is 1.88. The Bertz CT molecular complexity index is 884. The lowest BCUT2D eigenvalue weighted by Gasteiger charge is -2.34. The Morgan fingerprint density at radius 1 is 1.20 bits per heavy atom. The molecule has 0 radical (unpaired) electrons. The number of benzene rings is 1. The Morgan fingerprint density at radius 2 is 1.88 bits per heavy atom. The SMILES string of the molecule is COc1cc2c(cc1OC)[C@H](C)N(S(=O)(=O)c1ccc(Cl)nc1)CC2. The van der Waals surface area contributed by atoms with Gasteiger partial charge in [0.15, 0.2) is 11.5 Å². The van der Waals surface area contributed by atoms with Crippen molar-refractivity contribution in [3.63, 3.8) is 0 Å². The topological polar surface area (TPSA) is 68.7 Å². The zero-order chi connectivity index (χ0) is 18.2. The third-order valence-electron chi connectivity index (χ3n) is 4.44. The molecule has 8 heteroatoms. The van der Waals surface area contributed by atoms with Crippen molar-refractivity contribution < 1.29 is 17.9 Å². The standard InChI is InChI=1S/C17H19ClN2O4S/c1-11-14-9-16(24-3)15(23-2)8-12(14)6-7-20(11)25(21,22)13-4-5-17(18)19-10-13/h4-5,8-11H,6-7H2,1-3H3/t11-/m0/s1. The van der Waals surface area contributed by atoms with Crippen LogP contribution in [-0.2, 0) is 16.4 Å². The molecule has 1 aliphatic heterocycles. The Labute approximate surface area is 152 Å². The van der Waals surface area contributed by atoms with Crippen molar-refractivity contribution in [2.24, 2.45) is 0 Å². The zero-order valence-electron chi connectivity index (χ0n) is 14.2. The van der Waals surface area contributed by atoms with E-state index in [1.54, 1.807) is 14.2 Å². The largest absolute Gasteiger partial charge is 0.493 e. The molecule has 0 spiro atoms. The predicted molar refractivity (Wildman–Crippen MR) is 94.8 cm³/mol. The molecule has 2 aromatic rings. The van der Waals surface area contributed by atoms with E-state index < -0.39 is 10.0 Å². The van der Waals surface area contributed by atoms with E-state index in [2.05, 4.69) is 4.98 Å². The summed E-state index contributed by atoms with van der Waals surface area (Å²) in [5, 5.41) is 0.257. The average Bonchev–Trinajstić information content (AvgIpc) is 2.61. The van der Waals surface area contributed by atoms with Gasteiger partial charge in [0.25, 0.3) is 0 Å². The molecule has 1 atom stereocenters. The van der Waals surface area contributed by atoms with Gasteiger partial charge in [-0.05, 0) is 48.7 Å². The second-order valence-corrected chi connectivity index (χ2v) is 8.04. The zero-order valence-corrected chi connectivity index (χ0v) is 15.8. The quantitative estimate of drug-likeness (QED) is 0.760. The third-order valence-corrected chi connectivity index (χ3v) is 6.61. The van der Waals surface area contributed by atoms with E-state index in [9.17, 15) is 8.42 Å². The normalized spacial score (nSPS) is 17.8. The van der Waals surface area contributed by atoms with Gasteiger partial charge < -0.3 is 9.47 Å². The Kier molecular flexibility index (Phi) is 4.90. The Balaban J connectivity index is 2.01. The lowest BCUT2D eigenvalue weighted by atomic mass is 9.94. The monoisotopic (exact) mass is 382 g/mol. The number of rotatable bonds is 4. The van der Waals surface area contributed by atoms with Crippen molar-refractivity contribution in [3.05, 3.63) is 46.7 Å². The molecular formula is C17H19ClN2O4S. The van der Waals surface area contributed by atoms with Crippen LogP contribution in [0, 0.1) is 0 Å². The van der Waals surface area contributed by atoms with E-state index >= 15 is 0 Å². The molecule has 0 saturated carbocycles. The summed E-state index contributed by atoms with van der Waals surface area (Å²) in [6, 6.07) is 6.38. The van der Waals surface area contributed by atoms with E-state index in [4.69, 9.17) is 21.1 Å². The second kappa shape index (κ2) is 6.82. The van der Waals surface area contributed by atoms with Crippen molar-refractivity contribution in [3.8, 4) is 11.5 Å². The summed E-state index contributed by atoms with van der Waals surface area (Å²) in [6.45, 7) is 2.25. The molecule has 0 aliphatic carbocycles. The summed E-state index contributed by atoms with van der Waals surface area (Å²) in [7, 11) is -0.521. The van der Waals surface area contributed by atoms with Crippen LogP contribution >= 0.6 is 11.6 Å². The highest BCUT2D eigenvalue weighted by Gasteiger charge is 2.34. The van der Waals surface area contributed by atoms with Gasteiger partial charge in [-0.1, -0.05) is 11.6 Å². The highest BCUT2D eigenvalue weighted by molar-refractivity contribution is 7.89. The number of methoxy groups -OCH3 is 2. The average molecular weight is 383 g/mol. The molecule has 6 nitrogen and oxygen atoms in total. The van der Waals surface area contributed by atoms with Crippen molar-refractivity contribution in [2.45, 2.75) is 24.3 Å². The number of hydrogen-bond acceptors (Lipinski definition) is 5. The Morgan fingerprint density at radius 3 is 2.48 bits per heavy atom. The van der Waals surface area contributed by atoms with Crippen LogP contribution in [0.3, 0.4) is 0 Å². The second-order valence-electron chi connectivity index (χ2n) is 5.76. The summed E-state index contributed by atoms with van der Waals surface area (Å²) in [5.41, 5.74) is 1.97. The van der Waals surface area contributed by atoms with Crippen molar-refractivity contribution in [1.29, 1.82) is 0 Å². The number of fused-ring (bicyclic) bond motifs is 1. The molecule has 0 saturated heterocycles. The van der Waals surface area contributed by atoms with Gasteiger partial charge in [0.1, 0.15) is 10.0 Å². The summed E-state index contributed by atoms with van der Waals surface area (Å²) in [4.78, 5) is 4.01. The van der Waals surface area contributed by atoms with Gasteiger partial charge in [-0.2, -0.15) is 4.31 Å². The molecule has 0 N–H and O–H groups in total. The molecule has 134 valence electrons. The van der Waals surface area contributed by atoms with E-state index in [0.29, 0.717) is 24.5 Å². The van der Waals surface area contributed by atoms with Crippen molar-refractivity contribution >= 4 is 21.6 Å². The van der Waals surface area contributed by atoms with Gasteiger partial charge in [-0.15, -0.1) is 0 Å². The summed E-state index contributed by atoms with van der Waals surface area (Å²) >= 11 is 5.76. The fourth-order valence-corrected chi connectivity index (χ4v) is 4.77. The minimum atomic E-state index is -3.67. The molecule has 1 aromatic carbocycles. The van der Waals surface area contributed by atoms with Crippen LogP contribution in [0.25, 0.3) is 0 Å². The first-order valence-electron chi connectivity index (χ1n) is 7.76. The van der Waals surface area contributed by atoms with Gasteiger partial charge in [0.2, 0.25) is 10.0 Å². The number of pyridine rings is 1.